The summed E-state index contributed by atoms with van der Waals surface area (Å²) in [5.74, 6) is -2.85. The number of hydrogen-bond acceptors (Lipinski definition) is 4. The normalized spacial score (nSPS) is 15.7. The summed E-state index contributed by atoms with van der Waals surface area (Å²) < 4.78 is 28.0. The van der Waals surface area contributed by atoms with Crippen molar-refractivity contribution in [2.24, 2.45) is 0 Å². The molecular weight excluding hydrogens is 420 g/mol. The van der Waals surface area contributed by atoms with Crippen molar-refractivity contribution in [1.29, 1.82) is 0 Å². The molecule has 0 radical (unpaired) electrons. The van der Waals surface area contributed by atoms with Crippen molar-refractivity contribution in [3.63, 3.8) is 0 Å². The van der Waals surface area contributed by atoms with Crippen LogP contribution in [-0.4, -0.2) is 15.9 Å². The quantitative estimate of drug-likeness (QED) is 0.470. The van der Waals surface area contributed by atoms with Crippen LogP contribution in [0, 0.1) is 11.6 Å². The van der Waals surface area contributed by atoms with Gasteiger partial charge >= 0.3 is 0 Å². The molecule has 2 N–H and O–H groups in total. The minimum Gasteiger partial charge on any atom is -0.310 e. The predicted octanol–water partition coefficient (Wildman–Crippen LogP) is 4.47. The number of thioether (sulfide) groups is 1. The van der Waals surface area contributed by atoms with Gasteiger partial charge in [-0.1, -0.05) is 47.6 Å². The summed E-state index contributed by atoms with van der Waals surface area (Å²) in [7, 11) is 0. The molecule has 2 heterocycles. The van der Waals surface area contributed by atoms with E-state index in [1.807, 2.05) is 12.1 Å². The molecule has 0 spiro atoms. The first-order valence-corrected chi connectivity index (χ1v) is 10.0. The Labute approximate surface area is 173 Å². The molecular formula is C20H14ClF2N3O2S. The van der Waals surface area contributed by atoms with Gasteiger partial charge in [0.1, 0.15) is 5.82 Å². The Morgan fingerprint density at radius 2 is 1.90 bits per heavy atom. The third kappa shape index (κ3) is 4.04. The predicted molar refractivity (Wildman–Crippen MR) is 107 cm³/mol. The van der Waals surface area contributed by atoms with Crippen LogP contribution in [0.15, 0.2) is 52.4 Å². The van der Waals surface area contributed by atoms with Crippen molar-refractivity contribution in [2.75, 3.05) is 5.32 Å². The van der Waals surface area contributed by atoms with Gasteiger partial charge in [-0.05, 0) is 29.3 Å². The zero-order valence-electron chi connectivity index (χ0n) is 14.8. The van der Waals surface area contributed by atoms with E-state index in [1.165, 1.54) is 23.9 Å². The average Bonchev–Trinajstić information content (AvgIpc) is 2.69. The summed E-state index contributed by atoms with van der Waals surface area (Å²) in [4.78, 5) is 31.9. The second kappa shape index (κ2) is 7.96. The van der Waals surface area contributed by atoms with Gasteiger partial charge in [-0.3, -0.25) is 9.59 Å². The first kappa shape index (κ1) is 19.6. The van der Waals surface area contributed by atoms with Gasteiger partial charge in [0.25, 0.3) is 5.56 Å². The number of fused-ring (bicyclic) bond motifs is 1. The first-order valence-electron chi connectivity index (χ1n) is 8.67. The number of carbonyl (C=O) groups excluding carboxylic acids is 1. The summed E-state index contributed by atoms with van der Waals surface area (Å²) in [5.41, 5.74) is 0.547. The number of hydrogen-bond donors (Lipinski definition) is 2. The van der Waals surface area contributed by atoms with Crippen LogP contribution in [0.3, 0.4) is 0 Å². The molecule has 1 atom stereocenters. The summed E-state index contributed by atoms with van der Waals surface area (Å²) in [5, 5.41) is 3.50. The van der Waals surface area contributed by atoms with Crippen LogP contribution in [-0.2, 0) is 10.5 Å². The standard InChI is InChI=1S/C20H14ClF2N3O2S/c21-11-6-4-10(5-7-11)9-29-20-25-18-16(19(28)26-20)13(8-15(27)24-18)12-2-1-3-14(22)17(12)23/h1-7,13H,8-9H2,(H2,24,25,26,27,28)/t13-/m1/s1. The fraction of sp³-hybridized carbons (Fsp3) is 0.150. The van der Waals surface area contributed by atoms with Gasteiger partial charge in [0.05, 0.1) is 5.56 Å². The van der Waals surface area contributed by atoms with Crippen molar-refractivity contribution in [3.8, 4) is 0 Å². The lowest BCUT2D eigenvalue weighted by atomic mass is 9.86. The number of aromatic amines is 1. The number of rotatable bonds is 4. The second-order valence-electron chi connectivity index (χ2n) is 6.50. The molecule has 0 saturated heterocycles. The van der Waals surface area contributed by atoms with Crippen LogP contribution in [0.2, 0.25) is 5.02 Å². The van der Waals surface area contributed by atoms with Gasteiger partial charge in [-0.2, -0.15) is 0 Å². The van der Waals surface area contributed by atoms with Gasteiger partial charge in [0, 0.05) is 23.1 Å². The van der Waals surface area contributed by atoms with Gasteiger partial charge in [0.2, 0.25) is 5.91 Å². The topological polar surface area (TPSA) is 74.8 Å². The summed E-state index contributed by atoms with van der Waals surface area (Å²) in [6.07, 6.45) is -0.171. The Balaban J connectivity index is 1.68. The minimum atomic E-state index is -1.07. The number of aromatic nitrogens is 2. The lowest BCUT2D eigenvalue weighted by Gasteiger charge is -2.24. The Morgan fingerprint density at radius 1 is 1.14 bits per heavy atom. The van der Waals surface area contributed by atoms with Crippen LogP contribution >= 0.6 is 23.4 Å². The number of nitrogens with one attached hydrogen (secondary N) is 2. The van der Waals surface area contributed by atoms with Crippen molar-refractivity contribution in [3.05, 3.63) is 86.2 Å². The van der Waals surface area contributed by atoms with Crippen LogP contribution in [0.1, 0.15) is 29.0 Å². The molecule has 3 aromatic rings. The van der Waals surface area contributed by atoms with E-state index in [4.69, 9.17) is 11.6 Å². The Hall–Kier alpha value is -2.71. The van der Waals surface area contributed by atoms with Gasteiger partial charge in [-0.15, -0.1) is 0 Å². The first-order chi connectivity index (χ1) is 13.9. The molecule has 1 aliphatic rings. The van der Waals surface area contributed by atoms with Crippen molar-refractivity contribution in [2.45, 2.75) is 23.2 Å². The number of halogens is 3. The van der Waals surface area contributed by atoms with E-state index in [9.17, 15) is 18.4 Å². The second-order valence-corrected chi connectivity index (χ2v) is 7.90. The monoisotopic (exact) mass is 433 g/mol. The lowest BCUT2D eigenvalue weighted by molar-refractivity contribution is -0.116. The molecule has 0 saturated carbocycles. The van der Waals surface area contributed by atoms with E-state index < -0.39 is 29.0 Å². The molecule has 148 valence electrons. The van der Waals surface area contributed by atoms with Crippen LogP contribution in [0.5, 0.6) is 0 Å². The zero-order chi connectivity index (χ0) is 20.5. The van der Waals surface area contributed by atoms with Crippen molar-refractivity contribution in [1.82, 2.24) is 9.97 Å². The van der Waals surface area contributed by atoms with Crippen molar-refractivity contribution < 1.29 is 13.6 Å². The molecule has 1 amide bonds. The Kier molecular flexibility index (Phi) is 5.38. The summed E-state index contributed by atoms with van der Waals surface area (Å²) in [6.45, 7) is 0. The molecule has 4 rings (SSSR count). The SMILES string of the molecule is O=C1C[C@H](c2cccc(F)c2F)c2c(nc(SCc3ccc(Cl)cc3)[nH]c2=O)N1. The maximum Gasteiger partial charge on any atom is 0.257 e. The molecule has 2 aromatic carbocycles. The fourth-order valence-corrected chi connectivity index (χ4v) is 4.15. The van der Waals surface area contributed by atoms with E-state index in [0.717, 1.165) is 11.6 Å². The number of carbonyl (C=O) groups is 1. The molecule has 9 heteroatoms. The van der Waals surface area contributed by atoms with E-state index in [-0.39, 0.29) is 23.4 Å². The smallest absolute Gasteiger partial charge is 0.257 e. The average molecular weight is 434 g/mol. The maximum absolute atomic E-state index is 14.3. The minimum absolute atomic E-state index is 0.0463. The molecule has 5 nitrogen and oxygen atoms in total. The molecule has 1 aromatic heterocycles. The van der Waals surface area contributed by atoms with E-state index in [1.54, 1.807) is 12.1 Å². The Morgan fingerprint density at radius 3 is 2.66 bits per heavy atom. The number of benzene rings is 2. The number of nitrogens with zero attached hydrogens (tertiary/aromatic N) is 1. The number of amides is 1. The zero-order valence-corrected chi connectivity index (χ0v) is 16.4. The summed E-state index contributed by atoms with van der Waals surface area (Å²) in [6, 6.07) is 10.9. The molecule has 29 heavy (non-hydrogen) atoms. The van der Waals surface area contributed by atoms with Crippen molar-refractivity contribution >= 4 is 35.1 Å². The fourth-order valence-electron chi connectivity index (χ4n) is 3.21. The molecule has 0 bridgehead atoms. The van der Waals surface area contributed by atoms with E-state index in [2.05, 4.69) is 15.3 Å². The highest BCUT2D eigenvalue weighted by molar-refractivity contribution is 7.98. The molecule has 0 aliphatic carbocycles. The largest absolute Gasteiger partial charge is 0.310 e. The number of H-pyrrole nitrogens is 1. The van der Waals surface area contributed by atoms with Crippen LogP contribution in [0.4, 0.5) is 14.6 Å². The maximum atomic E-state index is 14.3. The van der Waals surface area contributed by atoms with Gasteiger partial charge < -0.3 is 10.3 Å². The molecule has 0 unspecified atom stereocenters. The van der Waals surface area contributed by atoms with E-state index in [0.29, 0.717) is 15.9 Å². The highest BCUT2D eigenvalue weighted by atomic mass is 35.5. The third-order valence-corrected chi connectivity index (χ3v) is 5.77. The third-order valence-electron chi connectivity index (χ3n) is 4.58. The van der Waals surface area contributed by atoms with Crippen LogP contribution < -0.4 is 10.9 Å². The molecule has 1 aliphatic heterocycles. The van der Waals surface area contributed by atoms with Gasteiger partial charge in [0.15, 0.2) is 16.8 Å². The number of anilines is 1. The Bertz CT molecular complexity index is 1150. The molecule has 0 fully saturated rings. The van der Waals surface area contributed by atoms with E-state index >= 15 is 0 Å². The highest BCUT2D eigenvalue weighted by Crippen LogP contribution is 2.36. The van der Waals surface area contributed by atoms with Gasteiger partial charge in [-0.25, -0.2) is 13.8 Å². The summed E-state index contributed by atoms with van der Waals surface area (Å²) >= 11 is 7.15. The highest BCUT2D eigenvalue weighted by Gasteiger charge is 2.33. The lowest BCUT2D eigenvalue weighted by Crippen LogP contribution is -2.31. The van der Waals surface area contributed by atoms with Crippen LogP contribution in [0.25, 0.3) is 0 Å².